The summed E-state index contributed by atoms with van der Waals surface area (Å²) < 4.78 is 4.93. The summed E-state index contributed by atoms with van der Waals surface area (Å²) in [6, 6.07) is 12.0. The Morgan fingerprint density at radius 1 is 1.28 bits per heavy atom. The highest BCUT2D eigenvalue weighted by molar-refractivity contribution is 7.08. The Kier molecular flexibility index (Phi) is 4.17. The van der Waals surface area contributed by atoms with Gasteiger partial charge in [-0.1, -0.05) is 36.4 Å². The molecule has 4 nitrogen and oxygen atoms in total. The number of hydrogen-bond donors (Lipinski definition) is 0. The van der Waals surface area contributed by atoms with E-state index in [1.807, 2.05) is 46.7 Å². The van der Waals surface area contributed by atoms with Crippen LogP contribution in [0.15, 0.2) is 53.2 Å². The highest BCUT2D eigenvalue weighted by Crippen LogP contribution is 2.44. The van der Waals surface area contributed by atoms with Crippen molar-refractivity contribution in [3.8, 4) is 0 Å². The number of carbonyl (C=O) groups excluding carboxylic acids is 2. The fourth-order valence-corrected chi connectivity index (χ4v) is 4.56. The number of benzene rings is 1. The molecule has 2 aromatic rings. The predicted octanol–water partition coefficient (Wildman–Crippen LogP) is 3.35. The molecule has 1 amide bonds. The van der Waals surface area contributed by atoms with Gasteiger partial charge in [-0.3, -0.25) is 9.59 Å². The Morgan fingerprint density at radius 3 is 2.76 bits per heavy atom. The van der Waals surface area contributed by atoms with Crippen molar-refractivity contribution >= 4 is 28.8 Å². The van der Waals surface area contributed by atoms with Gasteiger partial charge in [-0.2, -0.15) is 11.3 Å². The standard InChI is InChI=1S/C20H19NO3S/c1-24-20(23)17-10-18-15(14-7-8-25-12-14)9-16(17)19(22)21(18)11-13-5-3-2-4-6-13/h2-9,12,16-18H,10-11H2,1H3. The van der Waals surface area contributed by atoms with Crippen LogP contribution in [0.3, 0.4) is 0 Å². The predicted molar refractivity (Wildman–Crippen MR) is 96.7 cm³/mol. The zero-order valence-electron chi connectivity index (χ0n) is 13.9. The fraction of sp³-hybridized carbons (Fsp3) is 0.300. The molecular formula is C20H19NO3S. The molecule has 1 aromatic heterocycles. The molecule has 0 radical (unpaired) electrons. The minimum Gasteiger partial charge on any atom is -0.469 e. The highest BCUT2D eigenvalue weighted by atomic mass is 32.1. The molecule has 1 saturated heterocycles. The quantitative estimate of drug-likeness (QED) is 0.792. The number of nitrogens with zero attached hydrogens (tertiary/aromatic N) is 1. The van der Waals surface area contributed by atoms with Crippen LogP contribution in [-0.4, -0.2) is 29.9 Å². The van der Waals surface area contributed by atoms with E-state index in [-0.39, 0.29) is 23.8 Å². The van der Waals surface area contributed by atoms with E-state index in [2.05, 4.69) is 11.4 Å². The van der Waals surface area contributed by atoms with Gasteiger partial charge in [0.25, 0.3) is 0 Å². The molecule has 0 N–H and O–H groups in total. The zero-order chi connectivity index (χ0) is 17.4. The smallest absolute Gasteiger partial charge is 0.309 e. The Labute approximate surface area is 150 Å². The maximum Gasteiger partial charge on any atom is 0.309 e. The van der Waals surface area contributed by atoms with Crippen molar-refractivity contribution in [2.45, 2.75) is 19.0 Å². The van der Waals surface area contributed by atoms with Gasteiger partial charge in [0.15, 0.2) is 0 Å². The number of piperidine rings is 1. The number of ether oxygens (including phenoxy) is 1. The Hall–Kier alpha value is -2.40. The van der Waals surface area contributed by atoms with E-state index in [9.17, 15) is 9.59 Å². The van der Waals surface area contributed by atoms with E-state index in [0.717, 1.165) is 16.7 Å². The van der Waals surface area contributed by atoms with Gasteiger partial charge in [0, 0.05) is 6.54 Å². The van der Waals surface area contributed by atoms with Gasteiger partial charge >= 0.3 is 5.97 Å². The number of fused-ring (bicyclic) bond motifs is 2. The highest BCUT2D eigenvalue weighted by Gasteiger charge is 2.49. The molecule has 3 atom stereocenters. The van der Waals surface area contributed by atoms with Crippen molar-refractivity contribution < 1.29 is 14.3 Å². The summed E-state index contributed by atoms with van der Waals surface area (Å²) in [5.41, 5.74) is 3.40. The molecular weight excluding hydrogens is 334 g/mol. The maximum absolute atomic E-state index is 13.0. The molecule has 2 bridgehead atoms. The number of hydrogen-bond acceptors (Lipinski definition) is 4. The van der Waals surface area contributed by atoms with Gasteiger partial charge < -0.3 is 9.64 Å². The van der Waals surface area contributed by atoms with Gasteiger partial charge in [-0.25, -0.2) is 0 Å². The second kappa shape index (κ2) is 6.48. The molecule has 2 aliphatic heterocycles. The van der Waals surface area contributed by atoms with Crippen LogP contribution in [-0.2, 0) is 20.9 Å². The maximum atomic E-state index is 13.0. The first kappa shape index (κ1) is 16.1. The largest absolute Gasteiger partial charge is 0.469 e. The third-order valence-electron chi connectivity index (χ3n) is 5.13. The van der Waals surface area contributed by atoms with Gasteiger partial charge in [-0.15, -0.1) is 0 Å². The first-order chi connectivity index (χ1) is 12.2. The summed E-state index contributed by atoms with van der Waals surface area (Å²) in [5, 5.41) is 4.14. The van der Waals surface area contributed by atoms with Gasteiger partial charge in [0.05, 0.1) is 25.0 Å². The van der Waals surface area contributed by atoms with Crippen molar-refractivity contribution in [2.75, 3.05) is 7.11 Å². The molecule has 128 valence electrons. The number of rotatable bonds is 4. The summed E-state index contributed by atoms with van der Waals surface area (Å²) >= 11 is 1.64. The van der Waals surface area contributed by atoms with E-state index < -0.39 is 5.92 Å². The van der Waals surface area contributed by atoms with E-state index >= 15 is 0 Å². The third-order valence-corrected chi connectivity index (χ3v) is 5.81. The average Bonchev–Trinajstić information content (AvgIpc) is 3.19. The molecule has 0 saturated carbocycles. The summed E-state index contributed by atoms with van der Waals surface area (Å²) in [6.07, 6.45) is 2.61. The van der Waals surface area contributed by atoms with Crippen LogP contribution >= 0.6 is 11.3 Å². The van der Waals surface area contributed by atoms with E-state index in [1.165, 1.54) is 7.11 Å². The molecule has 5 heteroatoms. The molecule has 0 spiro atoms. The Balaban J connectivity index is 1.70. The summed E-state index contributed by atoms with van der Waals surface area (Å²) in [6.45, 7) is 0.566. The third kappa shape index (κ3) is 2.78. The molecule has 25 heavy (non-hydrogen) atoms. The second-order valence-electron chi connectivity index (χ2n) is 6.49. The molecule has 3 heterocycles. The normalized spacial score (nSPS) is 25.0. The summed E-state index contributed by atoms with van der Waals surface area (Å²) in [7, 11) is 1.39. The van der Waals surface area contributed by atoms with Crippen LogP contribution in [0.25, 0.3) is 5.57 Å². The van der Waals surface area contributed by atoms with Gasteiger partial charge in [0.2, 0.25) is 5.91 Å². The van der Waals surface area contributed by atoms with Crippen molar-refractivity contribution in [1.82, 2.24) is 4.90 Å². The van der Waals surface area contributed by atoms with Crippen LogP contribution < -0.4 is 0 Å². The van der Waals surface area contributed by atoms with Crippen molar-refractivity contribution in [3.05, 3.63) is 64.4 Å². The van der Waals surface area contributed by atoms with E-state index in [4.69, 9.17) is 4.74 Å². The Morgan fingerprint density at radius 2 is 2.08 bits per heavy atom. The molecule has 1 fully saturated rings. The van der Waals surface area contributed by atoms with Gasteiger partial charge in [-0.05, 0) is 39.9 Å². The number of esters is 1. The molecule has 3 unspecified atom stereocenters. The van der Waals surface area contributed by atoms with E-state index in [0.29, 0.717) is 13.0 Å². The van der Waals surface area contributed by atoms with Crippen LogP contribution in [0.1, 0.15) is 17.5 Å². The number of carbonyl (C=O) groups is 2. The zero-order valence-corrected chi connectivity index (χ0v) is 14.7. The van der Waals surface area contributed by atoms with Crippen LogP contribution in [0.2, 0.25) is 0 Å². The number of thiophene rings is 1. The topological polar surface area (TPSA) is 46.6 Å². The van der Waals surface area contributed by atoms with Crippen molar-refractivity contribution in [3.63, 3.8) is 0 Å². The lowest BCUT2D eigenvalue weighted by molar-refractivity contribution is -0.158. The van der Waals surface area contributed by atoms with Crippen LogP contribution in [0.5, 0.6) is 0 Å². The monoisotopic (exact) mass is 353 g/mol. The Bertz CT molecular complexity index is 813. The number of methoxy groups -OCH3 is 1. The summed E-state index contributed by atoms with van der Waals surface area (Å²) in [4.78, 5) is 27.1. The van der Waals surface area contributed by atoms with E-state index in [1.54, 1.807) is 11.3 Å². The van der Waals surface area contributed by atoms with Crippen LogP contribution in [0, 0.1) is 11.8 Å². The minimum atomic E-state index is -0.434. The first-order valence-corrected chi connectivity index (χ1v) is 9.30. The lowest BCUT2D eigenvalue weighted by atomic mass is 9.71. The van der Waals surface area contributed by atoms with Crippen molar-refractivity contribution in [2.24, 2.45) is 11.8 Å². The van der Waals surface area contributed by atoms with Gasteiger partial charge in [0.1, 0.15) is 0 Å². The molecule has 3 aliphatic rings. The molecule has 5 rings (SSSR count). The minimum absolute atomic E-state index is 0.0227. The number of amides is 1. The second-order valence-corrected chi connectivity index (χ2v) is 7.27. The lowest BCUT2D eigenvalue weighted by Crippen LogP contribution is -2.56. The fourth-order valence-electron chi connectivity index (χ4n) is 3.90. The van der Waals surface area contributed by atoms with Crippen LogP contribution in [0.4, 0.5) is 0 Å². The summed E-state index contributed by atoms with van der Waals surface area (Å²) in [5.74, 6) is -1.08. The first-order valence-electron chi connectivity index (χ1n) is 8.35. The average molecular weight is 353 g/mol. The molecule has 1 aliphatic carbocycles. The SMILES string of the molecule is COC(=O)C1CC2C(c3ccsc3)=CC1C(=O)N2Cc1ccccc1. The van der Waals surface area contributed by atoms with Crippen molar-refractivity contribution in [1.29, 1.82) is 0 Å². The lowest BCUT2D eigenvalue weighted by Gasteiger charge is -2.47. The molecule has 1 aromatic carbocycles.